The van der Waals surface area contributed by atoms with Crippen molar-refractivity contribution in [2.45, 2.75) is 32.9 Å². The number of rotatable bonds is 5. The first kappa shape index (κ1) is 19.5. The average molecular weight is 340 g/mol. The highest BCUT2D eigenvalue weighted by molar-refractivity contribution is 6.42. The Bertz CT molecular complexity index is 452. The van der Waals surface area contributed by atoms with Gasteiger partial charge in [-0.1, -0.05) is 37.0 Å². The minimum Gasteiger partial charge on any atom is -0.296 e. The molecule has 0 aliphatic carbocycles. The van der Waals surface area contributed by atoms with E-state index in [1.165, 1.54) is 0 Å². The highest BCUT2D eigenvalue weighted by atomic mass is 35.5. The fourth-order valence-electron chi connectivity index (χ4n) is 2.07. The molecule has 0 saturated heterocycles. The molecule has 1 unspecified atom stereocenters. The van der Waals surface area contributed by atoms with Crippen LogP contribution < -0.4 is 4.90 Å². The molecule has 1 atom stereocenters. The molecule has 1 rings (SSSR count). The molecule has 0 bridgehead atoms. The molecular weight excluding hydrogens is 319 g/mol. The van der Waals surface area contributed by atoms with E-state index in [4.69, 9.17) is 23.2 Å². The van der Waals surface area contributed by atoms with Gasteiger partial charge in [-0.25, -0.2) is 0 Å². The summed E-state index contributed by atoms with van der Waals surface area (Å²) >= 11 is 12.0. The first-order chi connectivity index (χ1) is 8.92. The zero-order valence-electron chi connectivity index (χ0n) is 12.2. The number of amides is 1. The molecule has 1 amide bonds. The molecule has 3 nitrogen and oxygen atoms in total. The largest absolute Gasteiger partial charge is 0.296 e. The second-order valence-corrected chi connectivity index (χ2v) is 5.38. The van der Waals surface area contributed by atoms with Crippen molar-refractivity contribution in [2.24, 2.45) is 0 Å². The predicted octanol–water partition coefficient (Wildman–Crippen LogP) is 4.46. The van der Waals surface area contributed by atoms with Crippen molar-refractivity contribution >= 4 is 47.2 Å². The first-order valence-electron chi connectivity index (χ1n) is 6.35. The molecule has 0 spiro atoms. The molecule has 1 aromatic rings. The number of benzene rings is 1. The van der Waals surface area contributed by atoms with Crippen LogP contribution in [0.2, 0.25) is 10.0 Å². The maximum absolute atomic E-state index is 12.2. The topological polar surface area (TPSA) is 23.6 Å². The molecule has 20 heavy (non-hydrogen) atoms. The van der Waals surface area contributed by atoms with Gasteiger partial charge in [0, 0.05) is 12.1 Å². The molecule has 0 aliphatic heterocycles. The zero-order valence-corrected chi connectivity index (χ0v) is 14.5. The normalized spacial score (nSPS) is 11.9. The summed E-state index contributed by atoms with van der Waals surface area (Å²) < 4.78 is 0. The maximum atomic E-state index is 12.2. The predicted molar refractivity (Wildman–Crippen MR) is 89.3 cm³/mol. The van der Waals surface area contributed by atoms with Crippen LogP contribution in [0.15, 0.2) is 18.2 Å². The Labute approximate surface area is 137 Å². The van der Waals surface area contributed by atoms with Crippen molar-refractivity contribution < 1.29 is 4.79 Å². The molecule has 0 heterocycles. The van der Waals surface area contributed by atoms with Crippen LogP contribution in [0.4, 0.5) is 5.69 Å². The van der Waals surface area contributed by atoms with Crippen molar-refractivity contribution in [1.29, 1.82) is 0 Å². The van der Waals surface area contributed by atoms with E-state index >= 15 is 0 Å². The van der Waals surface area contributed by atoms with Crippen LogP contribution in [0.1, 0.15) is 26.7 Å². The van der Waals surface area contributed by atoms with Gasteiger partial charge in [0.2, 0.25) is 5.91 Å². The van der Waals surface area contributed by atoms with Crippen molar-refractivity contribution in [3.8, 4) is 0 Å². The Hall–Kier alpha value is -0.480. The number of anilines is 1. The lowest BCUT2D eigenvalue weighted by atomic mass is 10.2. The van der Waals surface area contributed by atoms with Crippen LogP contribution in [0, 0.1) is 0 Å². The lowest BCUT2D eigenvalue weighted by molar-refractivity contribution is -0.119. The SMILES string of the molecule is CCC(=O)N(c1ccc(Cl)c(Cl)c1)C(CC)N(C)C.Cl. The average Bonchev–Trinajstić information content (AvgIpc) is 2.38. The van der Waals surface area contributed by atoms with Crippen LogP contribution in [-0.4, -0.2) is 31.1 Å². The zero-order chi connectivity index (χ0) is 14.6. The molecule has 0 fully saturated rings. The molecule has 0 aliphatic rings. The Kier molecular flexibility index (Phi) is 8.52. The van der Waals surface area contributed by atoms with Crippen LogP contribution >= 0.6 is 35.6 Å². The van der Waals surface area contributed by atoms with Gasteiger partial charge < -0.3 is 0 Å². The molecule has 114 valence electrons. The summed E-state index contributed by atoms with van der Waals surface area (Å²) in [5, 5.41) is 0.953. The quantitative estimate of drug-likeness (QED) is 0.740. The fourth-order valence-corrected chi connectivity index (χ4v) is 2.36. The van der Waals surface area contributed by atoms with E-state index in [0.29, 0.717) is 16.5 Å². The van der Waals surface area contributed by atoms with Gasteiger partial charge >= 0.3 is 0 Å². The Morgan fingerprint density at radius 3 is 2.20 bits per heavy atom. The van der Waals surface area contributed by atoms with Gasteiger partial charge in [0.25, 0.3) is 0 Å². The second-order valence-electron chi connectivity index (χ2n) is 4.57. The molecule has 0 saturated carbocycles. The highest BCUT2D eigenvalue weighted by Gasteiger charge is 2.24. The summed E-state index contributed by atoms with van der Waals surface area (Å²) in [4.78, 5) is 16.0. The minimum atomic E-state index is 0. The number of carbonyl (C=O) groups excluding carboxylic acids is 1. The van der Waals surface area contributed by atoms with Gasteiger partial charge in [-0.15, -0.1) is 12.4 Å². The lowest BCUT2D eigenvalue weighted by Gasteiger charge is -2.35. The van der Waals surface area contributed by atoms with Crippen LogP contribution in [0.3, 0.4) is 0 Å². The van der Waals surface area contributed by atoms with Gasteiger partial charge in [0.15, 0.2) is 0 Å². The van der Waals surface area contributed by atoms with Crippen molar-refractivity contribution in [1.82, 2.24) is 4.90 Å². The first-order valence-corrected chi connectivity index (χ1v) is 7.11. The van der Waals surface area contributed by atoms with Crippen LogP contribution in [0.5, 0.6) is 0 Å². The summed E-state index contributed by atoms with van der Waals surface area (Å²) in [7, 11) is 3.92. The third-order valence-electron chi connectivity index (χ3n) is 3.01. The molecule has 6 heteroatoms. The maximum Gasteiger partial charge on any atom is 0.228 e. The van der Waals surface area contributed by atoms with Crippen molar-refractivity contribution in [3.05, 3.63) is 28.2 Å². The Balaban J connectivity index is 0.00000361. The van der Waals surface area contributed by atoms with Crippen molar-refractivity contribution in [2.75, 3.05) is 19.0 Å². The smallest absolute Gasteiger partial charge is 0.228 e. The number of hydrogen-bond acceptors (Lipinski definition) is 2. The molecule has 0 N–H and O–H groups in total. The number of hydrogen-bond donors (Lipinski definition) is 0. The third kappa shape index (κ3) is 4.52. The molecule has 0 radical (unpaired) electrons. The van der Waals surface area contributed by atoms with E-state index in [1.54, 1.807) is 17.0 Å². The third-order valence-corrected chi connectivity index (χ3v) is 3.75. The summed E-state index contributed by atoms with van der Waals surface area (Å²) in [6, 6.07) is 5.29. The van der Waals surface area contributed by atoms with Gasteiger partial charge in [0.05, 0.1) is 16.2 Å². The van der Waals surface area contributed by atoms with Gasteiger partial charge in [-0.3, -0.25) is 14.6 Å². The summed E-state index contributed by atoms with van der Waals surface area (Å²) in [6.45, 7) is 3.91. The number of nitrogens with zero attached hydrogens (tertiary/aromatic N) is 2. The van der Waals surface area contributed by atoms with E-state index < -0.39 is 0 Å². The molecule has 0 aromatic heterocycles. The summed E-state index contributed by atoms with van der Waals surface area (Å²) in [5.74, 6) is 0.0685. The van der Waals surface area contributed by atoms with E-state index in [2.05, 4.69) is 6.92 Å². The number of carbonyl (C=O) groups is 1. The minimum absolute atomic E-state index is 0. The van der Waals surface area contributed by atoms with Gasteiger partial charge in [-0.05, 0) is 38.7 Å². The molecule has 1 aromatic carbocycles. The highest BCUT2D eigenvalue weighted by Crippen LogP contribution is 2.29. The van der Waals surface area contributed by atoms with Gasteiger partial charge in [-0.2, -0.15) is 0 Å². The monoisotopic (exact) mass is 338 g/mol. The summed E-state index contributed by atoms with van der Waals surface area (Å²) in [6.07, 6.45) is 1.29. The van der Waals surface area contributed by atoms with Crippen LogP contribution in [-0.2, 0) is 4.79 Å². The van der Waals surface area contributed by atoms with E-state index in [9.17, 15) is 4.79 Å². The van der Waals surface area contributed by atoms with E-state index in [-0.39, 0.29) is 24.5 Å². The van der Waals surface area contributed by atoms with E-state index in [1.807, 2.05) is 32.0 Å². The number of halogens is 3. The summed E-state index contributed by atoms with van der Waals surface area (Å²) in [5.41, 5.74) is 0.779. The Morgan fingerprint density at radius 2 is 1.80 bits per heavy atom. The second kappa shape index (κ2) is 8.73. The van der Waals surface area contributed by atoms with Crippen LogP contribution in [0.25, 0.3) is 0 Å². The van der Waals surface area contributed by atoms with Crippen molar-refractivity contribution in [3.63, 3.8) is 0 Å². The lowest BCUT2D eigenvalue weighted by Crippen LogP contribution is -2.48. The van der Waals surface area contributed by atoms with E-state index in [0.717, 1.165) is 12.1 Å². The standard InChI is InChI=1S/C14H20Cl2N2O.ClH/c1-5-13(17(3)4)18(14(19)6-2)10-7-8-11(15)12(16)9-10;/h7-9,13H,5-6H2,1-4H3;1H. The molecular formula is C14H21Cl3N2O. The fraction of sp³-hybridized carbons (Fsp3) is 0.500. The Morgan fingerprint density at radius 1 is 1.20 bits per heavy atom. The van der Waals surface area contributed by atoms with Gasteiger partial charge in [0.1, 0.15) is 0 Å².